The summed E-state index contributed by atoms with van der Waals surface area (Å²) in [4.78, 5) is 0. The van der Waals surface area contributed by atoms with Gasteiger partial charge in [-0.15, -0.1) is 0 Å². The summed E-state index contributed by atoms with van der Waals surface area (Å²) in [5, 5.41) is 0. The molecule has 13 heavy (non-hydrogen) atoms. The number of hydrogen-bond acceptors (Lipinski definition) is 1. The first-order valence-corrected chi connectivity index (χ1v) is 3.73. The summed E-state index contributed by atoms with van der Waals surface area (Å²) < 4.78 is 40.7. The van der Waals surface area contributed by atoms with E-state index in [1.807, 2.05) is 0 Å². The van der Waals surface area contributed by atoms with E-state index >= 15 is 0 Å². The van der Waals surface area contributed by atoms with E-state index in [0.29, 0.717) is 11.1 Å². The van der Waals surface area contributed by atoms with Crippen molar-refractivity contribution in [2.24, 2.45) is 0 Å². The van der Waals surface area contributed by atoms with Crippen molar-refractivity contribution in [2.45, 2.75) is 20.5 Å². The Hall–Kier alpha value is -1.19. The molecule has 0 fully saturated rings. The van der Waals surface area contributed by atoms with E-state index in [4.69, 9.17) is 0 Å². The molecule has 0 bridgehead atoms. The van der Waals surface area contributed by atoms with E-state index in [9.17, 15) is 13.2 Å². The predicted octanol–water partition coefficient (Wildman–Crippen LogP) is 3.04. The third kappa shape index (κ3) is 2.14. The number of rotatable bonds is 2. The van der Waals surface area contributed by atoms with E-state index in [-0.39, 0.29) is 5.75 Å². The molecule has 0 aromatic heterocycles. The van der Waals surface area contributed by atoms with Crippen LogP contribution in [0.2, 0.25) is 0 Å². The monoisotopic (exact) mass is 190 g/mol. The van der Waals surface area contributed by atoms with Gasteiger partial charge < -0.3 is 4.74 Å². The van der Waals surface area contributed by atoms with Gasteiger partial charge in [0, 0.05) is 0 Å². The van der Waals surface area contributed by atoms with Crippen LogP contribution >= 0.6 is 0 Å². The molecule has 0 radical (unpaired) electrons. The predicted molar refractivity (Wildman–Crippen MR) is 42.5 cm³/mol. The summed E-state index contributed by atoms with van der Waals surface area (Å²) in [6.45, 7) is 0.183. The molecule has 0 spiro atoms. The molecule has 0 heterocycles. The van der Waals surface area contributed by atoms with Crippen molar-refractivity contribution in [2.75, 3.05) is 0 Å². The van der Waals surface area contributed by atoms with Crippen molar-refractivity contribution in [1.82, 2.24) is 0 Å². The minimum absolute atomic E-state index is 0.0221. The molecule has 1 aromatic rings. The van der Waals surface area contributed by atoms with E-state index in [2.05, 4.69) is 4.74 Å². The zero-order valence-electron chi connectivity index (χ0n) is 7.27. The van der Waals surface area contributed by atoms with Gasteiger partial charge in [-0.2, -0.15) is 8.78 Å². The number of halogens is 3. The molecule has 1 nitrogen and oxygen atoms in total. The Kier molecular flexibility index (Phi) is 2.80. The van der Waals surface area contributed by atoms with Crippen LogP contribution in [0.3, 0.4) is 0 Å². The first-order chi connectivity index (χ1) is 6.02. The minimum atomic E-state index is -2.87. The molecule has 0 atom stereocenters. The highest BCUT2D eigenvalue weighted by molar-refractivity contribution is 5.39. The molecule has 0 aliphatic rings. The average molecular weight is 190 g/mol. The molecule has 0 amide bonds. The molecule has 1 aromatic carbocycles. The van der Waals surface area contributed by atoms with Crippen molar-refractivity contribution in [3.05, 3.63) is 29.1 Å². The maximum atomic E-state index is 12.9. The van der Waals surface area contributed by atoms with E-state index < -0.39 is 12.4 Å². The van der Waals surface area contributed by atoms with E-state index in [1.54, 1.807) is 0 Å². The van der Waals surface area contributed by atoms with Crippen molar-refractivity contribution in [3.8, 4) is 5.75 Å². The van der Waals surface area contributed by atoms with Crippen LogP contribution in [-0.2, 0) is 0 Å². The molecular formula is C9H9F3O. The van der Waals surface area contributed by atoms with Crippen LogP contribution in [0.1, 0.15) is 11.1 Å². The van der Waals surface area contributed by atoms with Gasteiger partial charge >= 0.3 is 6.61 Å². The minimum Gasteiger partial charge on any atom is -0.435 e. The Morgan fingerprint density at radius 2 is 1.77 bits per heavy atom. The average Bonchev–Trinajstić information content (AvgIpc) is 2.06. The third-order valence-corrected chi connectivity index (χ3v) is 1.89. The van der Waals surface area contributed by atoms with Crippen LogP contribution in [0.15, 0.2) is 12.1 Å². The van der Waals surface area contributed by atoms with Crippen LogP contribution in [0.25, 0.3) is 0 Å². The first kappa shape index (κ1) is 9.89. The molecule has 0 saturated heterocycles. The standard InChI is InChI=1S/C9H9F3O/c1-5-6(2)8(13-9(11)12)4-3-7(5)10/h3-4,9H,1-2H3. The summed E-state index contributed by atoms with van der Waals surface area (Å²) in [6, 6.07) is 2.31. The molecule has 0 unspecified atom stereocenters. The highest BCUT2D eigenvalue weighted by Gasteiger charge is 2.10. The van der Waals surface area contributed by atoms with Gasteiger partial charge in [0.2, 0.25) is 0 Å². The Labute approximate surface area is 74.1 Å². The van der Waals surface area contributed by atoms with Crippen molar-refractivity contribution < 1.29 is 17.9 Å². The lowest BCUT2D eigenvalue weighted by Gasteiger charge is -2.09. The topological polar surface area (TPSA) is 9.23 Å². The fourth-order valence-corrected chi connectivity index (χ4v) is 0.986. The number of alkyl halides is 2. The Bertz CT molecular complexity index is 310. The molecule has 72 valence electrons. The zero-order chi connectivity index (χ0) is 10.0. The first-order valence-electron chi connectivity index (χ1n) is 3.73. The second-order valence-electron chi connectivity index (χ2n) is 2.67. The van der Waals surface area contributed by atoms with Crippen molar-refractivity contribution in [1.29, 1.82) is 0 Å². The largest absolute Gasteiger partial charge is 0.435 e. The van der Waals surface area contributed by atoms with Gasteiger partial charge in [-0.05, 0) is 37.1 Å². The maximum absolute atomic E-state index is 12.9. The fraction of sp³-hybridized carbons (Fsp3) is 0.333. The third-order valence-electron chi connectivity index (χ3n) is 1.89. The van der Waals surface area contributed by atoms with Crippen LogP contribution in [0.5, 0.6) is 5.75 Å². The van der Waals surface area contributed by atoms with Crippen molar-refractivity contribution >= 4 is 0 Å². The molecule has 1 rings (SSSR count). The van der Waals surface area contributed by atoms with Crippen LogP contribution in [0, 0.1) is 19.7 Å². The van der Waals surface area contributed by atoms with Gasteiger partial charge in [0.25, 0.3) is 0 Å². The van der Waals surface area contributed by atoms with Gasteiger partial charge in [0.05, 0.1) is 0 Å². The van der Waals surface area contributed by atoms with Crippen LogP contribution < -0.4 is 4.74 Å². The summed E-state index contributed by atoms with van der Waals surface area (Å²) >= 11 is 0. The highest BCUT2D eigenvalue weighted by Crippen LogP contribution is 2.24. The summed E-state index contributed by atoms with van der Waals surface area (Å²) in [5.74, 6) is -0.395. The number of hydrogen-bond donors (Lipinski definition) is 0. The Morgan fingerprint density at radius 1 is 1.15 bits per heavy atom. The molecule has 0 aliphatic carbocycles. The fourth-order valence-electron chi connectivity index (χ4n) is 0.986. The summed E-state index contributed by atoms with van der Waals surface area (Å²) in [5.41, 5.74) is 0.735. The van der Waals surface area contributed by atoms with Crippen molar-refractivity contribution in [3.63, 3.8) is 0 Å². The van der Waals surface area contributed by atoms with Crippen LogP contribution in [-0.4, -0.2) is 6.61 Å². The summed E-state index contributed by atoms with van der Waals surface area (Å²) in [6.07, 6.45) is 0. The van der Waals surface area contributed by atoms with Gasteiger partial charge in [-0.25, -0.2) is 4.39 Å². The Morgan fingerprint density at radius 3 is 2.31 bits per heavy atom. The second-order valence-corrected chi connectivity index (χ2v) is 2.67. The van der Waals surface area contributed by atoms with E-state index in [1.165, 1.54) is 19.9 Å². The quantitative estimate of drug-likeness (QED) is 0.696. The number of benzene rings is 1. The van der Waals surface area contributed by atoms with Crippen LogP contribution in [0.4, 0.5) is 13.2 Å². The summed E-state index contributed by atoms with van der Waals surface area (Å²) in [7, 11) is 0. The highest BCUT2D eigenvalue weighted by atomic mass is 19.3. The Balaban J connectivity index is 3.04. The smallest absolute Gasteiger partial charge is 0.387 e. The lowest BCUT2D eigenvalue weighted by molar-refractivity contribution is -0.0503. The molecule has 0 saturated carbocycles. The van der Waals surface area contributed by atoms with Gasteiger partial charge in [0.1, 0.15) is 11.6 Å². The lowest BCUT2D eigenvalue weighted by Crippen LogP contribution is -2.04. The maximum Gasteiger partial charge on any atom is 0.387 e. The SMILES string of the molecule is Cc1c(F)ccc(OC(F)F)c1C. The molecule has 0 aliphatic heterocycles. The van der Waals surface area contributed by atoms with Gasteiger partial charge in [0.15, 0.2) is 0 Å². The number of ether oxygens (including phenoxy) is 1. The van der Waals surface area contributed by atoms with Gasteiger partial charge in [-0.3, -0.25) is 0 Å². The second kappa shape index (κ2) is 3.68. The normalized spacial score (nSPS) is 10.6. The van der Waals surface area contributed by atoms with Gasteiger partial charge in [-0.1, -0.05) is 0 Å². The molecule has 4 heteroatoms. The zero-order valence-corrected chi connectivity index (χ0v) is 7.27. The lowest BCUT2D eigenvalue weighted by atomic mass is 10.1. The molecular weight excluding hydrogens is 181 g/mol. The molecule has 0 N–H and O–H groups in total. The van der Waals surface area contributed by atoms with E-state index in [0.717, 1.165) is 6.07 Å².